The van der Waals surface area contributed by atoms with E-state index in [-0.39, 0.29) is 18.1 Å². The second kappa shape index (κ2) is 6.12. The molecule has 0 fully saturated rings. The van der Waals surface area contributed by atoms with Crippen LogP contribution in [-0.4, -0.2) is 5.91 Å². The molecule has 1 aromatic carbocycles. The van der Waals surface area contributed by atoms with Crippen molar-refractivity contribution in [2.45, 2.75) is 12.5 Å². The first-order valence-electron chi connectivity index (χ1n) is 5.66. The fourth-order valence-corrected chi connectivity index (χ4v) is 2.34. The van der Waals surface area contributed by atoms with Crippen LogP contribution in [0.25, 0.3) is 0 Å². The minimum Gasteiger partial charge on any atom is -0.336 e. The summed E-state index contributed by atoms with van der Waals surface area (Å²) in [6, 6.07) is 10.8. The van der Waals surface area contributed by atoms with Gasteiger partial charge in [-0.05, 0) is 29.1 Å². The highest BCUT2D eigenvalue weighted by molar-refractivity contribution is 7.10. The van der Waals surface area contributed by atoms with Crippen LogP contribution in [0.1, 0.15) is 16.5 Å². The lowest BCUT2D eigenvalue weighted by Gasteiger charge is -2.09. The van der Waals surface area contributed by atoms with Gasteiger partial charge >= 0.3 is 0 Å². The van der Waals surface area contributed by atoms with Crippen molar-refractivity contribution in [3.63, 3.8) is 0 Å². The summed E-state index contributed by atoms with van der Waals surface area (Å²) >= 11 is 1.42. The van der Waals surface area contributed by atoms with E-state index in [1.54, 1.807) is 18.2 Å². The van der Waals surface area contributed by atoms with Gasteiger partial charge < -0.3 is 5.32 Å². The summed E-state index contributed by atoms with van der Waals surface area (Å²) in [7, 11) is 0. The Bertz CT molecular complexity index is 587. The lowest BCUT2D eigenvalue weighted by atomic mass is 10.1. The topological polar surface area (TPSA) is 52.9 Å². The van der Waals surface area contributed by atoms with Crippen LogP contribution < -0.4 is 5.32 Å². The van der Waals surface area contributed by atoms with Crippen molar-refractivity contribution in [3.05, 3.63) is 58.0 Å². The summed E-state index contributed by atoms with van der Waals surface area (Å²) in [5, 5.41) is 13.5. The molecular formula is C14H11FN2OS. The number of hydrogen-bond donors (Lipinski definition) is 1. The van der Waals surface area contributed by atoms with E-state index >= 15 is 0 Å². The van der Waals surface area contributed by atoms with Gasteiger partial charge in [0.1, 0.15) is 5.82 Å². The number of hydrogen-bond acceptors (Lipinski definition) is 3. The zero-order chi connectivity index (χ0) is 13.7. The molecule has 0 saturated heterocycles. The number of nitrogens with zero attached hydrogens (tertiary/aromatic N) is 1. The second-order valence-electron chi connectivity index (χ2n) is 3.95. The molecule has 1 amide bonds. The number of amides is 1. The zero-order valence-electron chi connectivity index (χ0n) is 9.97. The molecule has 0 aliphatic carbocycles. The van der Waals surface area contributed by atoms with Crippen LogP contribution in [0.5, 0.6) is 0 Å². The Morgan fingerprint density at radius 3 is 2.68 bits per heavy atom. The average Bonchev–Trinajstić information content (AvgIpc) is 2.92. The van der Waals surface area contributed by atoms with E-state index in [9.17, 15) is 9.18 Å². The Morgan fingerprint density at radius 1 is 1.37 bits per heavy atom. The Hall–Kier alpha value is -2.19. The zero-order valence-corrected chi connectivity index (χ0v) is 10.8. The second-order valence-corrected chi connectivity index (χ2v) is 4.93. The molecule has 96 valence electrons. The third-order valence-corrected chi connectivity index (χ3v) is 3.48. The van der Waals surface area contributed by atoms with Crippen molar-refractivity contribution in [1.29, 1.82) is 5.26 Å². The maximum atomic E-state index is 12.7. The monoisotopic (exact) mass is 274 g/mol. The van der Waals surface area contributed by atoms with Crippen molar-refractivity contribution < 1.29 is 9.18 Å². The highest BCUT2D eigenvalue weighted by Crippen LogP contribution is 2.18. The van der Waals surface area contributed by atoms with Gasteiger partial charge in [0.15, 0.2) is 6.04 Å². The number of rotatable bonds is 4. The van der Waals surface area contributed by atoms with Gasteiger partial charge in [-0.3, -0.25) is 4.79 Å². The standard InChI is InChI=1S/C14H11FN2OS/c15-11-5-3-10(4-6-11)8-14(18)17-12(9-16)13-2-1-7-19-13/h1-7,12H,8H2,(H,17,18). The van der Waals surface area contributed by atoms with E-state index in [1.165, 1.54) is 23.5 Å². The molecule has 2 rings (SSSR count). The van der Waals surface area contributed by atoms with Crippen molar-refractivity contribution >= 4 is 17.2 Å². The molecule has 0 aliphatic heterocycles. The van der Waals surface area contributed by atoms with Gasteiger partial charge in [0.25, 0.3) is 0 Å². The van der Waals surface area contributed by atoms with Crippen molar-refractivity contribution in [2.75, 3.05) is 0 Å². The Labute approximate surface area is 114 Å². The van der Waals surface area contributed by atoms with Crippen LogP contribution in [0.15, 0.2) is 41.8 Å². The molecule has 3 nitrogen and oxygen atoms in total. The quantitative estimate of drug-likeness (QED) is 0.932. The molecule has 0 spiro atoms. The molecule has 0 saturated carbocycles. The highest BCUT2D eigenvalue weighted by atomic mass is 32.1. The van der Waals surface area contributed by atoms with Crippen LogP contribution in [0.4, 0.5) is 4.39 Å². The highest BCUT2D eigenvalue weighted by Gasteiger charge is 2.14. The summed E-state index contributed by atoms with van der Waals surface area (Å²) in [5.74, 6) is -0.593. The van der Waals surface area contributed by atoms with E-state index in [0.29, 0.717) is 5.56 Å². The van der Waals surface area contributed by atoms with Crippen LogP contribution >= 0.6 is 11.3 Å². The van der Waals surface area contributed by atoms with E-state index in [0.717, 1.165) is 4.88 Å². The van der Waals surface area contributed by atoms with Gasteiger partial charge in [-0.25, -0.2) is 4.39 Å². The summed E-state index contributed by atoms with van der Waals surface area (Å²) < 4.78 is 12.7. The summed E-state index contributed by atoms with van der Waals surface area (Å²) in [4.78, 5) is 12.6. The van der Waals surface area contributed by atoms with Crippen molar-refractivity contribution in [2.24, 2.45) is 0 Å². The molecule has 2 aromatic rings. The Balaban J connectivity index is 1.97. The minimum absolute atomic E-state index is 0.129. The lowest BCUT2D eigenvalue weighted by molar-refractivity contribution is -0.120. The van der Waals surface area contributed by atoms with Crippen LogP contribution in [-0.2, 0) is 11.2 Å². The van der Waals surface area contributed by atoms with Gasteiger partial charge in [-0.15, -0.1) is 11.3 Å². The van der Waals surface area contributed by atoms with Crippen molar-refractivity contribution in [1.82, 2.24) is 5.32 Å². The van der Waals surface area contributed by atoms with E-state index < -0.39 is 6.04 Å². The predicted molar refractivity (Wildman–Crippen MR) is 70.9 cm³/mol. The smallest absolute Gasteiger partial charge is 0.225 e. The van der Waals surface area contributed by atoms with Gasteiger partial charge in [-0.2, -0.15) is 5.26 Å². The molecule has 0 bridgehead atoms. The van der Waals surface area contributed by atoms with Gasteiger partial charge in [0, 0.05) is 4.88 Å². The van der Waals surface area contributed by atoms with Gasteiger partial charge in [0.2, 0.25) is 5.91 Å². The average molecular weight is 274 g/mol. The number of carbonyl (C=O) groups excluding carboxylic acids is 1. The molecular weight excluding hydrogens is 263 g/mol. The molecule has 1 heterocycles. The summed E-state index contributed by atoms with van der Waals surface area (Å²) in [6.07, 6.45) is 0.129. The Morgan fingerprint density at radius 2 is 2.11 bits per heavy atom. The third-order valence-electron chi connectivity index (χ3n) is 2.54. The van der Waals surface area contributed by atoms with Gasteiger partial charge in [-0.1, -0.05) is 18.2 Å². The molecule has 0 radical (unpaired) electrons. The lowest BCUT2D eigenvalue weighted by Crippen LogP contribution is -2.28. The molecule has 1 N–H and O–H groups in total. The summed E-state index contributed by atoms with van der Waals surface area (Å²) in [5.41, 5.74) is 0.710. The molecule has 1 unspecified atom stereocenters. The predicted octanol–water partition coefficient (Wildman–Crippen LogP) is 2.81. The fourth-order valence-electron chi connectivity index (χ4n) is 1.62. The van der Waals surface area contributed by atoms with Crippen LogP contribution in [0.3, 0.4) is 0 Å². The maximum Gasteiger partial charge on any atom is 0.225 e. The molecule has 0 aliphatic rings. The molecule has 5 heteroatoms. The van der Waals surface area contributed by atoms with Crippen LogP contribution in [0.2, 0.25) is 0 Å². The summed E-state index contributed by atoms with van der Waals surface area (Å²) in [6.45, 7) is 0. The van der Waals surface area contributed by atoms with E-state index in [4.69, 9.17) is 5.26 Å². The van der Waals surface area contributed by atoms with E-state index in [2.05, 4.69) is 5.32 Å². The fraction of sp³-hybridized carbons (Fsp3) is 0.143. The van der Waals surface area contributed by atoms with Crippen molar-refractivity contribution in [3.8, 4) is 6.07 Å². The maximum absolute atomic E-state index is 12.7. The number of benzene rings is 1. The number of nitriles is 1. The molecule has 1 atom stereocenters. The van der Waals surface area contributed by atoms with Crippen LogP contribution in [0, 0.1) is 17.1 Å². The number of thiophene rings is 1. The third kappa shape index (κ3) is 3.63. The first-order valence-corrected chi connectivity index (χ1v) is 6.54. The number of halogens is 1. The normalized spacial score (nSPS) is 11.6. The first kappa shape index (κ1) is 13.2. The minimum atomic E-state index is -0.632. The number of carbonyl (C=O) groups is 1. The molecule has 19 heavy (non-hydrogen) atoms. The van der Waals surface area contributed by atoms with E-state index in [1.807, 2.05) is 17.5 Å². The van der Waals surface area contributed by atoms with Gasteiger partial charge in [0.05, 0.1) is 12.5 Å². The SMILES string of the molecule is N#CC(NC(=O)Cc1ccc(F)cc1)c1cccs1. The Kier molecular flexibility index (Phi) is 4.26. The number of nitrogens with one attached hydrogen (secondary N) is 1. The largest absolute Gasteiger partial charge is 0.336 e. The first-order chi connectivity index (χ1) is 9.19. The molecule has 1 aromatic heterocycles.